The van der Waals surface area contributed by atoms with Gasteiger partial charge in [-0.15, -0.1) is 11.3 Å². The van der Waals surface area contributed by atoms with Crippen molar-refractivity contribution < 1.29 is 4.39 Å². The summed E-state index contributed by atoms with van der Waals surface area (Å²) in [6, 6.07) is 8.67. The van der Waals surface area contributed by atoms with Crippen molar-refractivity contribution in [3.05, 3.63) is 45.5 Å². The van der Waals surface area contributed by atoms with Crippen LogP contribution in [0.3, 0.4) is 0 Å². The molecule has 2 N–H and O–H groups in total. The van der Waals surface area contributed by atoms with Crippen LogP contribution in [0.15, 0.2) is 34.8 Å². The van der Waals surface area contributed by atoms with Crippen molar-refractivity contribution in [3.8, 4) is 10.4 Å². The third kappa shape index (κ3) is 2.34. The lowest BCUT2D eigenvalue weighted by atomic mass is 10.2. The van der Waals surface area contributed by atoms with Gasteiger partial charge in [-0.25, -0.2) is 4.39 Å². The molecule has 1 heterocycles. The number of halogens is 2. The summed E-state index contributed by atoms with van der Waals surface area (Å²) >= 11 is 5.02. The van der Waals surface area contributed by atoms with Crippen molar-refractivity contribution in [3.63, 3.8) is 0 Å². The molecular weight excluding hydrogens is 289 g/mol. The van der Waals surface area contributed by atoms with Crippen LogP contribution in [-0.4, -0.2) is 0 Å². The summed E-state index contributed by atoms with van der Waals surface area (Å²) in [4.78, 5) is 2.13. The first-order valence-corrected chi connectivity index (χ1v) is 6.49. The van der Waals surface area contributed by atoms with Crippen molar-refractivity contribution in [2.45, 2.75) is 13.0 Å². The predicted molar refractivity (Wildman–Crippen MR) is 70.0 cm³/mol. The molecule has 0 saturated heterocycles. The van der Waals surface area contributed by atoms with Crippen molar-refractivity contribution in [2.75, 3.05) is 0 Å². The topological polar surface area (TPSA) is 26.0 Å². The van der Waals surface area contributed by atoms with Crippen LogP contribution in [0.1, 0.15) is 17.8 Å². The second-order valence-electron chi connectivity index (χ2n) is 3.61. The molecule has 0 bridgehead atoms. The van der Waals surface area contributed by atoms with Crippen LogP contribution < -0.4 is 5.73 Å². The molecule has 1 nitrogen and oxygen atoms in total. The zero-order valence-electron chi connectivity index (χ0n) is 8.71. The van der Waals surface area contributed by atoms with Crippen molar-refractivity contribution in [1.29, 1.82) is 0 Å². The molecule has 2 rings (SSSR count). The van der Waals surface area contributed by atoms with Crippen LogP contribution in [0.5, 0.6) is 0 Å². The summed E-state index contributed by atoms with van der Waals surface area (Å²) in [5.41, 5.74) is 6.67. The minimum absolute atomic E-state index is 0.0195. The van der Waals surface area contributed by atoms with Gasteiger partial charge in [0.15, 0.2) is 0 Å². The first-order chi connectivity index (χ1) is 7.58. The van der Waals surface area contributed by atoms with Gasteiger partial charge in [-0.2, -0.15) is 0 Å². The molecule has 1 aromatic carbocycles. The van der Waals surface area contributed by atoms with Crippen molar-refractivity contribution in [2.24, 2.45) is 5.73 Å². The quantitative estimate of drug-likeness (QED) is 0.877. The van der Waals surface area contributed by atoms with Gasteiger partial charge >= 0.3 is 0 Å². The van der Waals surface area contributed by atoms with Gasteiger partial charge in [0.1, 0.15) is 5.82 Å². The lowest BCUT2D eigenvalue weighted by molar-refractivity contribution is 0.628. The predicted octanol–water partition coefficient (Wildman–Crippen LogP) is 4.34. The number of hydrogen-bond donors (Lipinski definition) is 1. The Labute approximate surface area is 106 Å². The molecule has 0 spiro atoms. The molecule has 16 heavy (non-hydrogen) atoms. The molecule has 2 aromatic rings. The largest absolute Gasteiger partial charge is 0.324 e. The van der Waals surface area contributed by atoms with E-state index in [2.05, 4.69) is 15.9 Å². The Morgan fingerprint density at radius 3 is 2.69 bits per heavy atom. The fourth-order valence-corrected chi connectivity index (χ4v) is 3.01. The number of thiophene rings is 1. The van der Waals surface area contributed by atoms with Gasteiger partial charge < -0.3 is 5.73 Å². The molecule has 0 fully saturated rings. The maximum absolute atomic E-state index is 13.2. The summed E-state index contributed by atoms with van der Waals surface area (Å²) in [5.74, 6) is -0.228. The molecule has 0 aliphatic heterocycles. The molecule has 0 aliphatic rings. The normalized spacial score (nSPS) is 12.8. The molecule has 0 amide bonds. The number of hydrogen-bond acceptors (Lipinski definition) is 2. The first-order valence-electron chi connectivity index (χ1n) is 4.88. The average molecular weight is 300 g/mol. The van der Waals surface area contributed by atoms with Crippen molar-refractivity contribution in [1.82, 2.24) is 0 Å². The molecule has 4 heteroatoms. The Hall–Kier alpha value is -0.710. The van der Waals surface area contributed by atoms with Gasteiger partial charge in [-0.05, 0) is 37.3 Å². The third-order valence-corrected chi connectivity index (χ3v) is 4.28. The Kier molecular flexibility index (Phi) is 3.42. The van der Waals surface area contributed by atoms with Crippen LogP contribution in [0.25, 0.3) is 10.4 Å². The summed E-state index contributed by atoms with van der Waals surface area (Å²) in [6.07, 6.45) is 0. The summed E-state index contributed by atoms with van der Waals surface area (Å²) in [7, 11) is 0. The standard InChI is InChI=1S/C12H11BrFNS/c1-7(15)11-4-5-12(16-11)9-6-8(14)2-3-10(9)13/h2-7H,15H2,1H3. The van der Waals surface area contributed by atoms with E-state index in [4.69, 9.17) is 5.73 Å². The Bertz CT molecular complexity index is 507. The van der Waals surface area contributed by atoms with Crippen LogP contribution in [0.2, 0.25) is 0 Å². The fourth-order valence-electron chi connectivity index (χ4n) is 1.43. The van der Waals surface area contributed by atoms with E-state index in [1.807, 2.05) is 19.1 Å². The zero-order chi connectivity index (χ0) is 11.7. The van der Waals surface area contributed by atoms with Gasteiger partial charge in [-0.3, -0.25) is 0 Å². The van der Waals surface area contributed by atoms with Crippen molar-refractivity contribution >= 4 is 27.3 Å². The summed E-state index contributed by atoms with van der Waals surface area (Å²) < 4.78 is 14.1. The maximum atomic E-state index is 13.2. The summed E-state index contributed by atoms with van der Waals surface area (Å²) in [5, 5.41) is 0. The van der Waals surface area contributed by atoms with Crippen LogP contribution in [-0.2, 0) is 0 Å². The van der Waals surface area contributed by atoms with Gasteiger partial charge in [0, 0.05) is 25.8 Å². The minimum atomic E-state index is -0.228. The van der Waals surface area contributed by atoms with E-state index in [9.17, 15) is 4.39 Å². The van der Waals surface area contributed by atoms with E-state index in [-0.39, 0.29) is 11.9 Å². The van der Waals surface area contributed by atoms with E-state index in [1.54, 1.807) is 17.4 Å². The Morgan fingerprint density at radius 2 is 2.06 bits per heavy atom. The van der Waals surface area contributed by atoms with E-state index in [0.29, 0.717) is 0 Å². The average Bonchev–Trinajstić information content (AvgIpc) is 2.70. The minimum Gasteiger partial charge on any atom is -0.324 e. The number of benzene rings is 1. The molecule has 0 radical (unpaired) electrons. The zero-order valence-corrected chi connectivity index (χ0v) is 11.1. The van der Waals surface area contributed by atoms with E-state index in [0.717, 1.165) is 19.8 Å². The van der Waals surface area contributed by atoms with Crippen LogP contribution >= 0.6 is 27.3 Å². The fraction of sp³-hybridized carbons (Fsp3) is 0.167. The van der Waals surface area contributed by atoms with Gasteiger partial charge in [0.2, 0.25) is 0 Å². The highest BCUT2D eigenvalue weighted by Gasteiger charge is 2.09. The smallest absolute Gasteiger partial charge is 0.123 e. The number of nitrogens with two attached hydrogens (primary N) is 1. The molecule has 1 aromatic heterocycles. The molecular formula is C12H11BrFNS. The lowest BCUT2D eigenvalue weighted by Gasteiger charge is -2.02. The van der Waals surface area contributed by atoms with E-state index in [1.165, 1.54) is 12.1 Å². The Balaban J connectivity index is 2.46. The third-order valence-electron chi connectivity index (χ3n) is 2.27. The molecule has 0 saturated carbocycles. The van der Waals surface area contributed by atoms with Crippen LogP contribution in [0.4, 0.5) is 4.39 Å². The van der Waals surface area contributed by atoms with Gasteiger partial charge in [-0.1, -0.05) is 15.9 Å². The summed E-state index contributed by atoms with van der Waals surface area (Å²) in [6.45, 7) is 1.94. The van der Waals surface area contributed by atoms with Crippen LogP contribution in [0, 0.1) is 5.82 Å². The van der Waals surface area contributed by atoms with E-state index < -0.39 is 0 Å². The van der Waals surface area contributed by atoms with Gasteiger partial charge in [0.05, 0.1) is 0 Å². The molecule has 1 atom stereocenters. The molecule has 84 valence electrons. The van der Waals surface area contributed by atoms with E-state index >= 15 is 0 Å². The Morgan fingerprint density at radius 1 is 1.31 bits per heavy atom. The SMILES string of the molecule is CC(N)c1ccc(-c2cc(F)ccc2Br)s1. The highest BCUT2D eigenvalue weighted by atomic mass is 79.9. The highest BCUT2D eigenvalue weighted by Crippen LogP contribution is 2.35. The second kappa shape index (κ2) is 4.65. The molecule has 1 unspecified atom stereocenters. The monoisotopic (exact) mass is 299 g/mol. The lowest BCUT2D eigenvalue weighted by Crippen LogP contribution is -2.01. The second-order valence-corrected chi connectivity index (χ2v) is 5.58. The highest BCUT2D eigenvalue weighted by molar-refractivity contribution is 9.10. The van der Waals surface area contributed by atoms with Gasteiger partial charge in [0.25, 0.3) is 0 Å². The maximum Gasteiger partial charge on any atom is 0.123 e. The number of rotatable bonds is 2. The molecule has 0 aliphatic carbocycles. The first kappa shape index (κ1) is 11.8.